The van der Waals surface area contributed by atoms with Crippen molar-refractivity contribution >= 4 is 16.9 Å². The molecule has 3 atom stereocenters. The molecule has 1 N–H and O–H groups in total. The number of hydrogen-bond donors (Lipinski definition) is 1. The van der Waals surface area contributed by atoms with Crippen LogP contribution in [-0.2, 0) is 11.2 Å². The van der Waals surface area contributed by atoms with Gasteiger partial charge in [0.2, 0.25) is 0 Å². The highest BCUT2D eigenvalue weighted by Crippen LogP contribution is 2.36. The first-order chi connectivity index (χ1) is 17.5. The first-order valence-electron chi connectivity index (χ1n) is 12.8. The summed E-state index contributed by atoms with van der Waals surface area (Å²) in [4.78, 5) is 26.4. The van der Waals surface area contributed by atoms with Gasteiger partial charge in [0.1, 0.15) is 18.2 Å². The number of ether oxygens (including phenoxy) is 1. The lowest BCUT2D eigenvalue weighted by molar-refractivity contribution is -0.139. The number of halogens is 1. The van der Waals surface area contributed by atoms with Crippen LogP contribution in [0.5, 0.6) is 5.75 Å². The molecule has 1 fully saturated rings. The number of rotatable bonds is 12. The quantitative estimate of drug-likeness (QED) is 0.344. The zero-order chi connectivity index (χ0) is 25.3. The Morgan fingerprint density at radius 3 is 2.83 bits per heavy atom. The minimum Gasteiger partial charge on any atom is -0.497 e. The smallest absolute Gasteiger partial charge is 0.303 e. The van der Waals surface area contributed by atoms with Gasteiger partial charge in [0.15, 0.2) is 0 Å². The Morgan fingerprint density at radius 1 is 1.22 bits per heavy atom. The number of hydrogen-bond acceptors (Lipinski definition) is 6. The lowest BCUT2D eigenvalue weighted by atomic mass is 9.79. The van der Waals surface area contributed by atoms with Crippen LogP contribution in [0.2, 0.25) is 0 Å². The van der Waals surface area contributed by atoms with Crippen molar-refractivity contribution in [1.82, 2.24) is 19.9 Å². The molecule has 7 nitrogen and oxygen atoms in total. The number of methoxy groups -OCH3 is 1. The van der Waals surface area contributed by atoms with Crippen LogP contribution in [-0.4, -0.2) is 57.7 Å². The molecule has 36 heavy (non-hydrogen) atoms. The summed E-state index contributed by atoms with van der Waals surface area (Å²) in [5.41, 5.74) is 2.50. The summed E-state index contributed by atoms with van der Waals surface area (Å²) in [5.74, 6) is 0.148. The minimum absolute atomic E-state index is 0.0419. The van der Waals surface area contributed by atoms with Gasteiger partial charge in [0.25, 0.3) is 0 Å². The fourth-order valence-electron chi connectivity index (χ4n) is 5.38. The van der Waals surface area contributed by atoms with E-state index in [1.165, 1.54) is 6.33 Å². The van der Waals surface area contributed by atoms with Crippen molar-refractivity contribution in [2.45, 2.75) is 51.1 Å². The van der Waals surface area contributed by atoms with Gasteiger partial charge in [0.05, 0.1) is 12.6 Å². The molecule has 3 aromatic rings. The Morgan fingerprint density at radius 2 is 2.06 bits per heavy atom. The Hall–Kier alpha value is -3.13. The van der Waals surface area contributed by atoms with Crippen LogP contribution in [0.1, 0.15) is 55.8 Å². The fourth-order valence-corrected chi connectivity index (χ4v) is 5.38. The lowest BCUT2D eigenvalue weighted by Gasteiger charge is -2.38. The average molecular weight is 495 g/mol. The van der Waals surface area contributed by atoms with Crippen LogP contribution >= 0.6 is 0 Å². The second kappa shape index (κ2) is 12.7. The van der Waals surface area contributed by atoms with E-state index in [2.05, 4.69) is 19.9 Å². The van der Waals surface area contributed by atoms with Crippen LogP contribution in [0, 0.1) is 11.8 Å². The number of benzene rings is 1. The van der Waals surface area contributed by atoms with Crippen molar-refractivity contribution in [2.75, 3.05) is 26.7 Å². The standard InChI is InChI=1S/C28H35FN4O3/c1-36-23-6-8-27-25(15-23)24(9-11-32-27)26(29)7-5-21-10-13-33(18-22(21)14-28(34)35)12-3-2-4-20-16-30-19-31-17-20/h6,8-9,11,15-17,19,21-22,26H,2-5,7,10,12-14,18H2,1H3,(H,34,35)/t21-,22+,26?/m1/s1. The summed E-state index contributed by atoms with van der Waals surface area (Å²) in [6, 6.07) is 7.25. The first-order valence-corrected chi connectivity index (χ1v) is 12.8. The van der Waals surface area contributed by atoms with E-state index in [0.717, 1.165) is 61.8 Å². The van der Waals surface area contributed by atoms with Gasteiger partial charge >= 0.3 is 5.97 Å². The third-order valence-corrected chi connectivity index (χ3v) is 7.33. The van der Waals surface area contributed by atoms with Crippen LogP contribution in [0.4, 0.5) is 4.39 Å². The Kier molecular flexibility index (Phi) is 9.17. The van der Waals surface area contributed by atoms with E-state index >= 15 is 4.39 Å². The molecule has 2 aromatic heterocycles. The number of piperidine rings is 1. The first kappa shape index (κ1) is 25.9. The third kappa shape index (κ3) is 6.97. The zero-order valence-electron chi connectivity index (χ0n) is 20.9. The number of carboxylic acids is 1. The number of likely N-dealkylation sites (tertiary alicyclic amines) is 1. The molecule has 3 heterocycles. The number of aliphatic carboxylic acids is 1. The van der Waals surface area contributed by atoms with Crippen molar-refractivity contribution in [3.8, 4) is 5.75 Å². The molecule has 1 aliphatic heterocycles. The third-order valence-electron chi connectivity index (χ3n) is 7.33. The molecule has 8 heteroatoms. The van der Waals surface area contributed by atoms with Crippen LogP contribution in [0.15, 0.2) is 49.2 Å². The van der Waals surface area contributed by atoms with Gasteiger partial charge in [-0.05, 0) is 98.8 Å². The number of fused-ring (bicyclic) bond motifs is 1. The summed E-state index contributed by atoms with van der Waals surface area (Å²) in [7, 11) is 1.59. The molecule has 0 radical (unpaired) electrons. The molecule has 4 rings (SSSR count). The maximum Gasteiger partial charge on any atom is 0.303 e. The largest absolute Gasteiger partial charge is 0.497 e. The molecular formula is C28H35FN4O3. The van der Waals surface area contributed by atoms with Crippen LogP contribution < -0.4 is 4.74 Å². The number of alkyl halides is 1. The van der Waals surface area contributed by atoms with E-state index < -0.39 is 12.1 Å². The highest BCUT2D eigenvalue weighted by molar-refractivity contribution is 5.83. The molecular weight excluding hydrogens is 459 g/mol. The van der Waals surface area contributed by atoms with E-state index in [1.54, 1.807) is 19.4 Å². The van der Waals surface area contributed by atoms with Gasteiger partial charge in [-0.15, -0.1) is 0 Å². The maximum absolute atomic E-state index is 15.5. The number of nitrogens with zero attached hydrogens (tertiary/aromatic N) is 4. The second-order valence-electron chi connectivity index (χ2n) is 9.74. The molecule has 1 unspecified atom stereocenters. The number of aromatic nitrogens is 3. The number of carboxylic acid groups (broad SMARTS) is 1. The maximum atomic E-state index is 15.5. The fraction of sp³-hybridized carbons (Fsp3) is 0.500. The van der Waals surface area contributed by atoms with Crippen molar-refractivity contribution in [1.29, 1.82) is 0 Å². The number of pyridine rings is 1. The summed E-state index contributed by atoms with van der Waals surface area (Å²) in [5, 5.41) is 10.3. The highest BCUT2D eigenvalue weighted by Gasteiger charge is 2.31. The average Bonchev–Trinajstić information content (AvgIpc) is 2.90. The molecule has 0 saturated carbocycles. The van der Waals surface area contributed by atoms with Crippen LogP contribution in [0.25, 0.3) is 10.9 Å². The van der Waals surface area contributed by atoms with Crippen LogP contribution in [0.3, 0.4) is 0 Å². The SMILES string of the molecule is COc1ccc2nccc(C(F)CC[C@@H]3CCN(CCCCc4cncnc4)C[C@@H]3CC(=O)O)c2c1. The van der Waals surface area contributed by atoms with E-state index in [9.17, 15) is 9.90 Å². The molecule has 0 bridgehead atoms. The number of aryl methyl sites for hydroxylation is 1. The number of unbranched alkanes of at least 4 members (excludes halogenated alkanes) is 1. The summed E-state index contributed by atoms with van der Waals surface area (Å²) in [6.07, 6.45) is 10.9. The van der Waals surface area contributed by atoms with Gasteiger partial charge in [0, 0.05) is 36.9 Å². The van der Waals surface area contributed by atoms with E-state index in [-0.39, 0.29) is 18.3 Å². The minimum atomic E-state index is -1.13. The van der Waals surface area contributed by atoms with E-state index in [1.807, 2.05) is 30.6 Å². The second-order valence-corrected chi connectivity index (χ2v) is 9.74. The zero-order valence-corrected chi connectivity index (χ0v) is 20.9. The van der Waals surface area contributed by atoms with Gasteiger partial charge in [-0.3, -0.25) is 9.78 Å². The van der Waals surface area contributed by atoms with Gasteiger partial charge < -0.3 is 14.7 Å². The van der Waals surface area contributed by atoms with Gasteiger partial charge in [-0.25, -0.2) is 14.4 Å². The Bertz CT molecular complexity index is 1130. The normalized spacial score (nSPS) is 19.3. The van der Waals surface area contributed by atoms with Crippen molar-refractivity contribution < 1.29 is 19.0 Å². The predicted molar refractivity (Wildman–Crippen MR) is 137 cm³/mol. The molecule has 0 amide bonds. The lowest BCUT2D eigenvalue weighted by Crippen LogP contribution is -2.41. The van der Waals surface area contributed by atoms with Crippen molar-refractivity contribution in [3.63, 3.8) is 0 Å². The predicted octanol–water partition coefficient (Wildman–Crippen LogP) is 5.26. The summed E-state index contributed by atoms with van der Waals surface area (Å²) < 4.78 is 20.8. The molecule has 192 valence electrons. The van der Waals surface area contributed by atoms with E-state index in [0.29, 0.717) is 24.2 Å². The molecule has 0 aliphatic carbocycles. The highest BCUT2D eigenvalue weighted by atomic mass is 19.1. The Labute approximate surface area is 211 Å². The van der Waals surface area contributed by atoms with Crippen molar-refractivity contribution in [3.05, 3.63) is 60.3 Å². The van der Waals surface area contributed by atoms with Gasteiger partial charge in [-0.2, -0.15) is 0 Å². The van der Waals surface area contributed by atoms with E-state index in [4.69, 9.17) is 4.74 Å². The van der Waals surface area contributed by atoms with Gasteiger partial charge in [-0.1, -0.05) is 0 Å². The summed E-state index contributed by atoms with van der Waals surface area (Å²) in [6.45, 7) is 2.65. The molecule has 1 saturated heterocycles. The Balaban J connectivity index is 1.31. The number of carbonyl (C=O) groups is 1. The van der Waals surface area contributed by atoms with Crippen molar-refractivity contribution in [2.24, 2.45) is 11.8 Å². The topological polar surface area (TPSA) is 88.4 Å². The molecule has 1 aliphatic rings. The summed E-state index contributed by atoms with van der Waals surface area (Å²) >= 11 is 0. The molecule has 0 spiro atoms. The molecule has 1 aromatic carbocycles. The monoisotopic (exact) mass is 494 g/mol.